The predicted molar refractivity (Wildman–Crippen MR) is 66.0 cm³/mol. The largest absolute Gasteiger partial charge is 0.464 e. The zero-order valence-corrected chi connectivity index (χ0v) is 9.87. The van der Waals surface area contributed by atoms with Gasteiger partial charge in [-0.05, 0) is 12.1 Å². The predicted octanol–water partition coefficient (Wildman–Crippen LogP) is 0.280. The second-order valence-corrected chi connectivity index (χ2v) is 3.84. The van der Waals surface area contributed by atoms with Gasteiger partial charge in [0.1, 0.15) is 11.8 Å². The highest BCUT2D eigenvalue weighted by molar-refractivity contribution is 6.38. The van der Waals surface area contributed by atoms with Gasteiger partial charge in [-0.15, -0.1) is 0 Å². The van der Waals surface area contributed by atoms with Crippen LogP contribution in [0.25, 0.3) is 0 Å². The number of nitrogens with two attached hydrogens (primary N) is 1. The molecule has 1 amide bonds. The van der Waals surface area contributed by atoms with Gasteiger partial charge in [0, 0.05) is 6.42 Å². The number of carbonyl (C=O) groups excluding carboxylic acids is 2. The third-order valence-electron chi connectivity index (χ3n) is 2.68. The maximum Gasteiger partial charge on any atom is 0.354 e. The van der Waals surface area contributed by atoms with Crippen molar-refractivity contribution in [3.05, 3.63) is 30.3 Å². The van der Waals surface area contributed by atoms with Crippen LogP contribution in [0.4, 0.5) is 5.69 Å². The first-order chi connectivity index (χ1) is 8.63. The maximum absolute atomic E-state index is 11.4. The minimum atomic E-state index is -0.651. The summed E-state index contributed by atoms with van der Waals surface area (Å²) in [6, 6.07) is 8.42. The van der Waals surface area contributed by atoms with Crippen molar-refractivity contribution in [1.82, 2.24) is 0 Å². The van der Waals surface area contributed by atoms with Crippen LogP contribution in [0.2, 0.25) is 0 Å². The molecule has 1 aliphatic rings. The molecule has 0 saturated heterocycles. The third kappa shape index (κ3) is 2.17. The highest BCUT2D eigenvalue weighted by atomic mass is 16.5. The summed E-state index contributed by atoms with van der Waals surface area (Å²) in [7, 11) is 1.27. The van der Waals surface area contributed by atoms with Gasteiger partial charge in [0.15, 0.2) is 0 Å². The van der Waals surface area contributed by atoms with Gasteiger partial charge in [0.05, 0.1) is 12.8 Å². The number of ether oxygens (including phenoxy) is 1. The van der Waals surface area contributed by atoms with Crippen LogP contribution in [0.15, 0.2) is 35.4 Å². The van der Waals surface area contributed by atoms with Crippen molar-refractivity contribution in [1.29, 1.82) is 0 Å². The minimum Gasteiger partial charge on any atom is -0.464 e. The van der Waals surface area contributed by atoms with Gasteiger partial charge >= 0.3 is 5.97 Å². The van der Waals surface area contributed by atoms with Crippen LogP contribution >= 0.6 is 0 Å². The van der Waals surface area contributed by atoms with E-state index in [-0.39, 0.29) is 12.1 Å². The smallest absolute Gasteiger partial charge is 0.354 e. The number of anilines is 1. The summed E-state index contributed by atoms with van der Waals surface area (Å²) >= 11 is 0. The molecule has 18 heavy (non-hydrogen) atoms. The summed E-state index contributed by atoms with van der Waals surface area (Å²) in [6.45, 7) is 0. The first kappa shape index (κ1) is 12.1. The molecule has 0 radical (unpaired) electrons. The molecule has 0 saturated carbocycles. The third-order valence-corrected chi connectivity index (χ3v) is 2.68. The molecule has 2 N–H and O–H groups in total. The van der Waals surface area contributed by atoms with Gasteiger partial charge in [-0.25, -0.2) is 4.79 Å². The summed E-state index contributed by atoms with van der Waals surface area (Å²) in [5.74, 6) is -1.07. The van der Waals surface area contributed by atoms with Crippen molar-refractivity contribution in [3.8, 4) is 0 Å². The van der Waals surface area contributed by atoms with Crippen LogP contribution in [-0.4, -0.2) is 30.7 Å². The number of benzene rings is 1. The van der Waals surface area contributed by atoms with E-state index in [9.17, 15) is 9.59 Å². The zero-order valence-electron chi connectivity index (χ0n) is 9.87. The van der Waals surface area contributed by atoms with Crippen LogP contribution in [0, 0.1) is 0 Å². The van der Waals surface area contributed by atoms with E-state index in [0.717, 1.165) is 0 Å². The molecule has 0 bridgehead atoms. The molecular formula is C12H13N3O3. The molecule has 1 aromatic rings. The van der Waals surface area contributed by atoms with Crippen LogP contribution in [-0.2, 0) is 14.3 Å². The summed E-state index contributed by atoms with van der Waals surface area (Å²) in [5.41, 5.74) is 6.23. The number of methoxy groups -OCH3 is 1. The molecule has 6 nitrogen and oxygen atoms in total. The molecule has 0 fully saturated rings. The van der Waals surface area contributed by atoms with Crippen LogP contribution in [0.1, 0.15) is 6.42 Å². The molecule has 1 aliphatic heterocycles. The Balaban J connectivity index is 2.33. The van der Waals surface area contributed by atoms with Crippen LogP contribution in [0.3, 0.4) is 0 Å². The number of hydrazone groups is 1. The Kier molecular flexibility index (Phi) is 3.27. The number of carbonyl (C=O) groups is 2. The molecule has 1 atom stereocenters. The highest BCUT2D eigenvalue weighted by Crippen LogP contribution is 2.24. The lowest BCUT2D eigenvalue weighted by molar-refractivity contribution is -0.132. The molecule has 6 heteroatoms. The van der Waals surface area contributed by atoms with Crippen molar-refractivity contribution in [2.45, 2.75) is 12.5 Å². The Hall–Kier alpha value is -2.37. The average molecular weight is 247 g/mol. The van der Waals surface area contributed by atoms with E-state index in [1.165, 1.54) is 12.1 Å². The zero-order chi connectivity index (χ0) is 13.1. The summed E-state index contributed by atoms with van der Waals surface area (Å²) in [5, 5.41) is 5.56. The van der Waals surface area contributed by atoms with E-state index in [1.54, 1.807) is 12.1 Å². The molecule has 2 rings (SSSR count). The van der Waals surface area contributed by atoms with Gasteiger partial charge in [-0.1, -0.05) is 18.2 Å². The van der Waals surface area contributed by atoms with Gasteiger partial charge in [0.2, 0.25) is 5.91 Å². The maximum atomic E-state index is 11.4. The fraction of sp³-hybridized carbons (Fsp3) is 0.250. The van der Waals surface area contributed by atoms with Crippen molar-refractivity contribution >= 4 is 23.3 Å². The molecule has 94 valence electrons. The second-order valence-electron chi connectivity index (χ2n) is 3.84. The number of rotatable bonds is 3. The quantitative estimate of drug-likeness (QED) is 0.777. The number of para-hydroxylation sites is 1. The molecular weight excluding hydrogens is 234 g/mol. The lowest BCUT2D eigenvalue weighted by Crippen LogP contribution is -2.39. The molecule has 0 aliphatic carbocycles. The van der Waals surface area contributed by atoms with Crippen molar-refractivity contribution < 1.29 is 14.3 Å². The second kappa shape index (κ2) is 4.87. The Morgan fingerprint density at radius 2 is 2.06 bits per heavy atom. The van der Waals surface area contributed by atoms with Gasteiger partial charge in [-0.2, -0.15) is 5.10 Å². The Bertz CT molecular complexity index is 499. The van der Waals surface area contributed by atoms with E-state index in [2.05, 4.69) is 9.84 Å². The standard InChI is InChI=1S/C12H13N3O3/c1-18-12(17)9-7-10(11(13)16)15(14-9)8-5-3-2-4-6-8/h2-6,10H,7H2,1H3,(H2,13,16)/t10-/m1/s1. The average Bonchev–Trinajstić information content (AvgIpc) is 2.84. The van der Waals surface area contributed by atoms with E-state index in [4.69, 9.17) is 5.73 Å². The SMILES string of the molecule is COC(=O)C1=NN(c2ccccc2)[C@@H](C(N)=O)C1. The minimum absolute atomic E-state index is 0.164. The molecule has 1 heterocycles. The van der Waals surface area contributed by atoms with E-state index < -0.39 is 17.9 Å². The fourth-order valence-corrected chi connectivity index (χ4v) is 1.79. The van der Waals surface area contributed by atoms with Gasteiger partial charge in [0.25, 0.3) is 0 Å². The Morgan fingerprint density at radius 1 is 1.39 bits per heavy atom. The lowest BCUT2D eigenvalue weighted by atomic mass is 10.1. The van der Waals surface area contributed by atoms with Gasteiger partial charge < -0.3 is 10.5 Å². The van der Waals surface area contributed by atoms with E-state index in [1.807, 2.05) is 18.2 Å². The number of nitrogens with zero attached hydrogens (tertiary/aromatic N) is 2. The normalized spacial score (nSPS) is 18.4. The lowest BCUT2D eigenvalue weighted by Gasteiger charge is -2.20. The van der Waals surface area contributed by atoms with Crippen molar-refractivity contribution in [3.63, 3.8) is 0 Å². The fourth-order valence-electron chi connectivity index (χ4n) is 1.79. The number of primary amides is 1. The molecule has 1 aromatic carbocycles. The number of hydrogen-bond donors (Lipinski definition) is 1. The monoisotopic (exact) mass is 247 g/mol. The summed E-state index contributed by atoms with van der Waals surface area (Å²) < 4.78 is 4.60. The van der Waals surface area contributed by atoms with Gasteiger partial charge in [-0.3, -0.25) is 9.80 Å². The van der Waals surface area contributed by atoms with E-state index >= 15 is 0 Å². The highest BCUT2D eigenvalue weighted by Gasteiger charge is 2.35. The summed E-state index contributed by atoms with van der Waals surface area (Å²) in [4.78, 5) is 22.8. The van der Waals surface area contributed by atoms with Crippen LogP contribution in [0.5, 0.6) is 0 Å². The number of amides is 1. The summed E-state index contributed by atoms with van der Waals surface area (Å²) in [6.07, 6.45) is 0.164. The molecule has 0 unspecified atom stereocenters. The Labute approximate surface area is 104 Å². The first-order valence-corrected chi connectivity index (χ1v) is 5.43. The molecule has 0 aromatic heterocycles. The first-order valence-electron chi connectivity index (χ1n) is 5.43. The van der Waals surface area contributed by atoms with Crippen LogP contribution < -0.4 is 10.7 Å². The van der Waals surface area contributed by atoms with Crippen molar-refractivity contribution in [2.75, 3.05) is 12.1 Å². The molecule has 0 spiro atoms. The Morgan fingerprint density at radius 3 is 2.61 bits per heavy atom. The number of esters is 1. The van der Waals surface area contributed by atoms with Crippen molar-refractivity contribution in [2.24, 2.45) is 10.8 Å². The van der Waals surface area contributed by atoms with E-state index in [0.29, 0.717) is 5.69 Å². The topological polar surface area (TPSA) is 85.0 Å². The number of hydrogen-bond acceptors (Lipinski definition) is 5.